The maximum Gasteiger partial charge on any atom is 0.231 e. The lowest BCUT2D eigenvalue weighted by atomic mass is 9.88. The predicted octanol–water partition coefficient (Wildman–Crippen LogP) is 2.15. The van der Waals surface area contributed by atoms with Crippen LogP contribution in [0.5, 0.6) is 0 Å². The molecule has 0 radical (unpaired) electrons. The van der Waals surface area contributed by atoms with Crippen molar-refractivity contribution < 1.29 is 4.79 Å². The van der Waals surface area contributed by atoms with Crippen LogP contribution >= 0.6 is 11.6 Å². The molecule has 0 spiro atoms. The van der Waals surface area contributed by atoms with Crippen molar-refractivity contribution in [1.29, 1.82) is 5.26 Å². The van der Waals surface area contributed by atoms with Crippen molar-refractivity contribution in [3.63, 3.8) is 0 Å². The van der Waals surface area contributed by atoms with Gasteiger partial charge in [-0.05, 0) is 38.1 Å². The average molecular weight is 264 g/mol. The number of hydrogen-bond donors (Lipinski definition) is 2. The molecule has 1 heterocycles. The van der Waals surface area contributed by atoms with Crippen molar-refractivity contribution in [2.24, 2.45) is 5.41 Å². The number of amides is 1. The van der Waals surface area contributed by atoms with Gasteiger partial charge >= 0.3 is 0 Å². The molecule has 0 aromatic heterocycles. The van der Waals surface area contributed by atoms with Gasteiger partial charge in [0, 0.05) is 6.54 Å². The largest absolute Gasteiger partial charge is 0.324 e. The number of carbonyl (C=O) groups excluding carboxylic acids is 1. The maximum absolute atomic E-state index is 12.2. The number of nitriles is 1. The highest BCUT2D eigenvalue weighted by atomic mass is 35.5. The van der Waals surface area contributed by atoms with E-state index in [4.69, 9.17) is 16.9 Å². The third kappa shape index (κ3) is 2.47. The first kappa shape index (κ1) is 12.9. The quantitative estimate of drug-likeness (QED) is 0.859. The summed E-state index contributed by atoms with van der Waals surface area (Å²) >= 11 is 6.01. The number of hydrogen-bond acceptors (Lipinski definition) is 3. The fraction of sp³-hybridized carbons (Fsp3) is 0.385. The SMILES string of the molecule is CC1(C(=O)Nc2cc(C#N)ccc2Cl)CCNC1. The minimum atomic E-state index is -0.411. The van der Waals surface area contributed by atoms with Crippen LogP contribution in [-0.2, 0) is 4.79 Å². The molecule has 4 nitrogen and oxygen atoms in total. The summed E-state index contributed by atoms with van der Waals surface area (Å²) in [4.78, 5) is 12.2. The molecule has 0 bridgehead atoms. The molecule has 1 aliphatic rings. The number of carbonyl (C=O) groups is 1. The van der Waals surface area contributed by atoms with Gasteiger partial charge in [-0.15, -0.1) is 0 Å². The number of benzene rings is 1. The molecule has 1 amide bonds. The van der Waals surface area contributed by atoms with Gasteiger partial charge in [-0.25, -0.2) is 0 Å². The Bertz CT molecular complexity index is 515. The van der Waals surface area contributed by atoms with Crippen molar-refractivity contribution in [3.8, 4) is 6.07 Å². The highest BCUT2D eigenvalue weighted by Gasteiger charge is 2.36. The van der Waals surface area contributed by atoms with Crippen molar-refractivity contribution in [1.82, 2.24) is 5.32 Å². The Morgan fingerprint density at radius 2 is 2.39 bits per heavy atom. The molecule has 18 heavy (non-hydrogen) atoms. The minimum absolute atomic E-state index is 0.0653. The molecule has 94 valence electrons. The molecule has 1 fully saturated rings. The Labute approximate surface area is 111 Å². The summed E-state index contributed by atoms with van der Waals surface area (Å²) in [6, 6.07) is 6.85. The third-order valence-corrected chi connectivity index (χ3v) is 3.59. The molecule has 2 rings (SSSR count). The molecule has 1 atom stereocenters. The zero-order valence-corrected chi connectivity index (χ0v) is 10.8. The number of halogens is 1. The number of nitrogens with one attached hydrogen (secondary N) is 2. The van der Waals surface area contributed by atoms with Crippen LogP contribution in [-0.4, -0.2) is 19.0 Å². The molecule has 1 aromatic carbocycles. The first-order valence-electron chi connectivity index (χ1n) is 5.77. The summed E-state index contributed by atoms with van der Waals surface area (Å²) in [5, 5.41) is 15.3. The predicted molar refractivity (Wildman–Crippen MR) is 70.4 cm³/mol. The summed E-state index contributed by atoms with van der Waals surface area (Å²) in [6.07, 6.45) is 0.800. The van der Waals surface area contributed by atoms with E-state index in [1.54, 1.807) is 18.2 Å². The number of anilines is 1. The Morgan fingerprint density at radius 1 is 1.61 bits per heavy atom. The highest BCUT2D eigenvalue weighted by Crippen LogP contribution is 2.29. The lowest BCUT2D eigenvalue weighted by molar-refractivity contribution is -0.123. The monoisotopic (exact) mass is 263 g/mol. The van der Waals surface area contributed by atoms with E-state index in [1.165, 1.54) is 0 Å². The van der Waals surface area contributed by atoms with E-state index in [-0.39, 0.29) is 5.91 Å². The summed E-state index contributed by atoms with van der Waals surface area (Å²) in [6.45, 7) is 3.43. The average Bonchev–Trinajstić information content (AvgIpc) is 2.80. The van der Waals surface area contributed by atoms with Crippen LogP contribution < -0.4 is 10.6 Å². The van der Waals surface area contributed by atoms with Crippen molar-refractivity contribution in [3.05, 3.63) is 28.8 Å². The van der Waals surface area contributed by atoms with Gasteiger partial charge in [-0.3, -0.25) is 4.79 Å². The van der Waals surface area contributed by atoms with E-state index in [1.807, 2.05) is 13.0 Å². The molecule has 1 unspecified atom stereocenters. The number of rotatable bonds is 2. The fourth-order valence-electron chi connectivity index (χ4n) is 1.97. The van der Waals surface area contributed by atoms with Crippen LogP contribution in [0.25, 0.3) is 0 Å². The Hall–Kier alpha value is -1.57. The van der Waals surface area contributed by atoms with Gasteiger partial charge in [0.25, 0.3) is 0 Å². The van der Waals surface area contributed by atoms with Crippen LogP contribution in [0.3, 0.4) is 0 Å². The zero-order valence-electron chi connectivity index (χ0n) is 10.1. The Morgan fingerprint density at radius 3 is 3.00 bits per heavy atom. The molecule has 0 aliphatic carbocycles. The van der Waals surface area contributed by atoms with Gasteiger partial charge in [0.05, 0.1) is 27.8 Å². The lowest BCUT2D eigenvalue weighted by Gasteiger charge is -2.21. The van der Waals surface area contributed by atoms with Crippen molar-refractivity contribution in [2.45, 2.75) is 13.3 Å². The molecule has 5 heteroatoms. The van der Waals surface area contributed by atoms with Crippen LogP contribution in [0.1, 0.15) is 18.9 Å². The molecule has 1 aromatic rings. The number of nitrogens with zero attached hydrogens (tertiary/aromatic N) is 1. The van der Waals surface area contributed by atoms with Crippen LogP contribution in [0.15, 0.2) is 18.2 Å². The molecule has 2 N–H and O–H groups in total. The summed E-state index contributed by atoms with van der Waals surface area (Å²) in [5.41, 5.74) is 0.560. The molecule has 0 saturated carbocycles. The van der Waals surface area contributed by atoms with Crippen molar-refractivity contribution >= 4 is 23.2 Å². The molecular formula is C13H14ClN3O. The van der Waals surface area contributed by atoms with Crippen LogP contribution in [0.2, 0.25) is 5.02 Å². The van der Waals surface area contributed by atoms with Gasteiger partial charge in [-0.1, -0.05) is 11.6 Å². The standard InChI is InChI=1S/C13H14ClN3O/c1-13(4-5-16-8-13)12(18)17-11-6-9(7-15)2-3-10(11)14/h2-3,6,16H,4-5,8H2,1H3,(H,17,18). The summed E-state index contributed by atoms with van der Waals surface area (Å²) in [5.74, 6) is -0.0653. The van der Waals surface area contributed by atoms with E-state index < -0.39 is 5.41 Å². The van der Waals surface area contributed by atoms with Gasteiger partial charge in [0.1, 0.15) is 0 Å². The maximum atomic E-state index is 12.2. The van der Waals surface area contributed by atoms with Gasteiger partial charge in [0.15, 0.2) is 0 Å². The Balaban J connectivity index is 2.19. The fourth-order valence-corrected chi connectivity index (χ4v) is 2.14. The molecule has 1 aliphatic heterocycles. The smallest absolute Gasteiger partial charge is 0.231 e. The first-order chi connectivity index (χ1) is 8.55. The van der Waals surface area contributed by atoms with Crippen LogP contribution in [0.4, 0.5) is 5.69 Å². The van der Waals surface area contributed by atoms with Gasteiger partial charge in [-0.2, -0.15) is 5.26 Å². The van der Waals surface area contributed by atoms with E-state index in [0.717, 1.165) is 13.0 Å². The lowest BCUT2D eigenvalue weighted by Crippen LogP contribution is -2.35. The van der Waals surface area contributed by atoms with Gasteiger partial charge in [0.2, 0.25) is 5.91 Å². The Kier molecular flexibility index (Phi) is 3.55. The second-order valence-corrected chi connectivity index (χ2v) is 5.16. The first-order valence-corrected chi connectivity index (χ1v) is 6.15. The highest BCUT2D eigenvalue weighted by molar-refractivity contribution is 6.33. The normalized spacial score (nSPS) is 22.5. The summed E-state index contributed by atoms with van der Waals surface area (Å²) in [7, 11) is 0. The van der Waals surface area contributed by atoms with E-state index in [2.05, 4.69) is 10.6 Å². The van der Waals surface area contributed by atoms with E-state index in [0.29, 0.717) is 22.8 Å². The zero-order chi connectivity index (χ0) is 13.2. The molecular weight excluding hydrogens is 250 g/mol. The third-order valence-electron chi connectivity index (χ3n) is 3.26. The minimum Gasteiger partial charge on any atom is -0.324 e. The summed E-state index contributed by atoms with van der Waals surface area (Å²) < 4.78 is 0. The molecule has 1 saturated heterocycles. The van der Waals surface area contributed by atoms with Gasteiger partial charge < -0.3 is 10.6 Å². The van der Waals surface area contributed by atoms with Crippen LogP contribution in [0, 0.1) is 16.7 Å². The van der Waals surface area contributed by atoms with Crippen molar-refractivity contribution in [2.75, 3.05) is 18.4 Å². The second kappa shape index (κ2) is 4.97. The second-order valence-electron chi connectivity index (χ2n) is 4.75. The topological polar surface area (TPSA) is 64.9 Å². The van der Waals surface area contributed by atoms with E-state index in [9.17, 15) is 4.79 Å². The van der Waals surface area contributed by atoms with E-state index >= 15 is 0 Å².